The van der Waals surface area contributed by atoms with Gasteiger partial charge >= 0.3 is 5.97 Å². The van der Waals surface area contributed by atoms with Crippen LogP contribution in [0.2, 0.25) is 0 Å². The van der Waals surface area contributed by atoms with Crippen molar-refractivity contribution in [2.45, 2.75) is 20.0 Å². The molecule has 2 heterocycles. The van der Waals surface area contributed by atoms with Gasteiger partial charge in [0, 0.05) is 5.38 Å². The Kier molecular flexibility index (Phi) is 5.28. The molecule has 3 aromatic rings. The first-order chi connectivity index (χ1) is 11.7. The van der Waals surface area contributed by atoms with E-state index in [-0.39, 0.29) is 25.6 Å². The second-order valence-electron chi connectivity index (χ2n) is 5.19. The first-order valence-electron chi connectivity index (χ1n) is 7.54. The Morgan fingerprint density at radius 1 is 1.25 bits per heavy atom. The van der Waals surface area contributed by atoms with E-state index in [9.17, 15) is 4.79 Å². The molecule has 0 fully saturated rings. The van der Waals surface area contributed by atoms with Crippen molar-refractivity contribution in [1.29, 1.82) is 0 Å². The minimum absolute atomic E-state index is 0.153. The van der Waals surface area contributed by atoms with E-state index < -0.39 is 0 Å². The first-order valence-corrected chi connectivity index (χ1v) is 8.42. The first kappa shape index (κ1) is 16.3. The molecule has 0 N–H and O–H groups in total. The smallest absolute Gasteiger partial charge is 0.309 e. The lowest BCUT2D eigenvalue weighted by atomic mass is 10.2. The van der Waals surface area contributed by atoms with Crippen molar-refractivity contribution >= 4 is 17.3 Å². The molecule has 1 aromatic carbocycles. The van der Waals surface area contributed by atoms with E-state index in [2.05, 4.69) is 4.98 Å². The van der Waals surface area contributed by atoms with E-state index in [1.54, 1.807) is 6.26 Å². The van der Waals surface area contributed by atoms with Crippen molar-refractivity contribution in [3.05, 3.63) is 59.3 Å². The highest BCUT2D eigenvalue weighted by molar-refractivity contribution is 7.13. The van der Waals surface area contributed by atoms with Crippen LogP contribution in [0.25, 0.3) is 10.8 Å². The van der Waals surface area contributed by atoms with Gasteiger partial charge in [-0.2, -0.15) is 0 Å². The van der Waals surface area contributed by atoms with Gasteiger partial charge < -0.3 is 13.9 Å². The lowest BCUT2D eigenvalue weighted by molar-refractivity contribution is -0.145. The Balaban J connectivity index is 1.40. The largest absolute Gasteiger partial charge is 0.493 e. The monoisotopic (exact) mass is 343 g/mol. The number of furan rings is 1. The van der Waals surface area contributed by atoms with Gasteiger partial charge in [0.2, 0.25) is 0 Å². The molecule has 124 valence electrons. The molecule has 3 rings (SSSR count). The Morgan fingerprint density at radius 3 is 2.83 bits per heavy atom. The Labute approximate surface area is 143 Å². The number of aryl methyl sites for hydroxylation is 1. The van der Waals surface area contributed by atoms with Crippen LogP contribution in [0.5, 0.6) is 5.75 Å². The summed E-state index contributed by atoms with van der Waals surface area (Å²) in [5.74, 6) is 1.15. The predicted molar refractivity (Wildman–Crippen MR) is 90.9 cm³/mol. The van der Waals surface area contributed by atoms with Crippen LogP contribution in [0.15, 0.2) is 52.5 Å². The Bertz CT molecular complexity index is 778. The number of esters is 1. The normalized spacial score (nSPS) is 10.5. The van der Waals surface area contributed by atoms with Crippen molar-refractivity contribution in [2.24, 2.45) is 0 Å². The van der Waals surface area contributed by atoms with Gasteiger partial charge in [-0.1, -0.05) is 17.7 Å². The highest BCUT2D eigenvalue weighted by atomic mass is 32.1. The van der Waals surface area contributed by atoms with Crippen molar-refractivity contribution in [3.63, 3.8) is 0 Å². The van der Waals surface area contributed by atoms with Gasteiger partial charge in [0.25, 0.3) is 0 Å². The fraction of sp³-hybridized carbons (Fsp3) is 0.222. The molecule has 0 radical (unpaired) electrons. The molecule has 0 unspecified atom stereocenters. The molecule has 0 saturated heterocycles. The van der Waals surface area contributed by atoms with Crippen LogP contribution in [-0.4, -0.2) is 17.6 Å². The highest BCUT2D eigenvalue weighted by Crippen LogP contribution is 2.24. The van der Waals surface area contributed by atoms with Crippen molar-refractivity contribution in [3.8, 4) is 16.5 Å². The summed E-state index contributed by atoms with van der Waals surface area (Å²) in [5.41, 5.74) is 1.87. The molecular formula is C18H17NO4S. The van der Waals surface area contributed by atoms with Gasteiger partial charge in [-0.15, -0.1) is 11.3 Å². The molecule has 5 nitrogen and oxygen atoms in total. The van der Waals surface area contributed by atoms with E-state index in [0.29, 0.717) is 11.5 Å². The van der Waals surface area contributed by atoms with E-state index in [1.807, 2.05) is 48.7 Å². The summed E-state index contributed by atoms with van der Waals surface area (Å²) in [5, 5.41) is 2.63. The third-order valence-corrected chi connectivity index (χ3v) is 4.17. The molecule has 6 heteroatoms. The van der Waals surface area contributed by atoms with E-state index in [0.717, 1.165) is 10.8 Å². The van der Waals surface area contributed by atoms with Gasteiger partial charge in [0.15, 0.2) is 10.8 Å². The molecule has 24 heavy (non-hydrogen) atoms. The summed E-state index contributed by atoms with van der Waals surface area (Å²) in [6.45, 7) is 2.45. The molecule has 0 bridgehead atoms. The summed E-state index contributed by atoms with van der Waals surface area (Å²) in [6, 6.07) is 11.3. The van der Waals surface area contributed by atoms with Gasteiger partial charge in [-0.25, -0.2) is 4.98 Å². The van der Waals surface area contributed by atoms with E-state index >= 15 is 0 Å². The molecule has 0 aliphatic carbocycles. The average Bonchev–Trinajstić information content (AvgIpc) is 3.26. The molecular weight excluding hydrogens is 326 g/mol. The SMILES string of the molecule is Cc1ccc(OCCC(=O)OCc2csc(-c3ccco3)n2)cc1. The molecule has 2 aromatic heterocycles. The third kappa shape index (κ3) is 4.45. The predicted octanol–water partition coefficient (Wildman–Crippen LogP) is 4.22. The fourth-order valence-electron chi connectivity index (χ4n) is 2.00. The summed E-state index contributed by atoms with van der Waals surface area (Å²) in [6.07, 6.45) is 1.80. The lowest BCUT2D eigenvalue weighted by Crippen LogP contribution is -2.10. The van der Waals surface area contributed by atoms with Gasteiger partial charge in [-0.05, 0) is 31.2 Å². The van der Waals surface area contributed by atoms with Gasteiger partial charge in [0.1, 0.15) is 12.4 Å². The number of carbonyl (C=O) groups is 1. The number of rotatable bonds is 7. The Morgan fingerprint density at radius 2 is 2.08 bits per heavy atom. The van der Waals surface area contributed by atoms with Crippen molar-refractivity contribution in [2.75, 3.05) is 6.61 Å². The van der Waals surface area contributed by atoms with Gasteiger partial charge in [-0.3, -0.25) is 4.79 Å². The zero-order valence-corrected chi connectivity index (χ0v) is 14.0. The Hall–Kier alpha value is -2.60. The minimum atomic E-state index is -0.310. The minimum Gasteiger partial charge on any atom is -0.493 e. The number of ether oxygens (including phenoxy) is 2. The standard InChI is InChI=1S/C18H17NO4S/c1-13-4-6-15(7-5-13)21-10-8-17(20)23-11-14-12-24-18(19-14)16-3-2-9-22-16/h2-7,9,12H,8,10-11H2,1H3. The molecule has 0 saturated carbocycles. The molecule has 0 atom stereocenters. The number of nitrogens with zero attached hydrogens (tertiary/aromatic N) is 1. The molecule has 0 aliphatic rings. The van der Waals surface area contributed by atoms with Crippen LogP contribution in [0.4, 0.5) is 0 Å². The number of carbonyl (C=O) groups excluding carboxylic acids is 1. The van der Waals surface area contributed by atoms with Crippen molar-refractivity contribution in [1.82, 2.24) is 4.98 Å². The van der Waals surface area contributed by atoms with Crippen LogP contribution >= 0.6 is 11.3 Å². The molecule has 0 amide bonds. The summed E-state index contributed by atoms with van der Waals surface area (Å²) in [4.78, 5) is 16.1. The lowest BCUT2D eigenvalue weighted by Gasteiger charge is -2.06. The van der Waals surface area contributed by atoms with Crippen LogP contribution in [0, 0.1) is 6.92 Å². The molecule has 0 spiro atoms. The number of thiazole rings is 1. The highest BCUT2D eigenvalue weighted by Gasteiger charge is 2.09. The van der Waals surface area contributed by atoms with Crippen LogP contribution < -0.4 is 4.74 Å². The summed E-state index contributed by atoms with van der Waals surface area (Å²) in [7, 11) is 0. The fourth-order valence-corrected chi connectivity index (χ4v) is 2.77. The maximum absolute atomic E-state index is 11.8. The maximum Gasteiger partial charge on any atom is 0.309 e. The van der Waals surface area contributed by atoms with Crippen LogP contribution in [0.1, 0.15) is 17.7 Å². The van der Waals surface area contributed by atoms with Gasteiger partial charge in [0.05, 0.1) is 25.0 Å². The molecule has 0 aliphatic heterocycles. The topological polar surface area (TPSA) is 61.6 Å². The zero-order chi connectivity index (χ0) is 16.8. The zero-order valence-electron chi connectivity index (χ0n) is 13.2. The maximum atomic E-state index is 11.8. The third-order valence-electron chi connectivity index (χ3n) is 3.26. The van der Waals surface area contributed by atoms with Crippen LogP contribution in [-0.2, 0) is 16.1 Å². The average molecular weight is 343 g/mol. The van der Waals surface area contributed by atoms with E-state index in [4.69, 9.17) is 13.9 Å². The summed E-state index contributed by atoms with van der Waals surface area (Å²) >= 11 is 1.45. The second kappa shape index (κ2) is 7.79. The number of hydrogen-bond acceptors (Lipinski definition) is 6. The number of benzene rings is 1. The second-order valence-corrected chi connectivity index (χ2v) is 6.05. The number of hydrogen-bond donors (Lipinski definition) is 0. The van der Waals surface area contributed by atoms with E-state index in [1.165, 1.54) is 16.9 Å². The van der Waals surface area contributed by atoms with Crippen LogP contribution in [0.3, 0.4) is 0 Å². The quantitative estimate of drug-likeness (QED) is 0.601. The number of aromatic nitrogens is 1. The van der Waals surface area contributed by atoms with Crippen molar-refractivity contribution < 1.29 is 18.7 Å². The summed E-state index contributed by atoms with van der Waals surface area (Å²) < 4.78 is 16.0.